The van der Waals surface area contributed by atoms with Gasteiger partial charge < -0.3 is 10.5 Å². The lowest BCUT2D eigenvalue weighted by molar-refractivity contribution is -0.121. The molecule has 10 heavy (non-hydrogen) atoms. The van der Waals surface area contributed by atoms with E-state index in [2.05, 4.69) is 0 Å². The molecular weight excluding hydrogens is 154 g/mol. The Morgan fingerprint density at radius 2 is 2.40 bits per heavy atom. The van der Waals surface area contributed by atoms with Gasteiger partial charge in [-0.2, -0.15) is 0 Å². The highest BCUT2D eigenvalue weighted by Crippen LogP contribution is 2.11. The van der Waals surface area contributed by atoms with E-state index in [0.29, 0.717) is 6.61 Å². The number of ether oxygens (including phenoxy) is 1. The molecule has 1 atom stereocenters. The number of carbonyl (C=O) groups excluding carboxylic acids is 1. The van der Waals surface area contributed by atoms with E-state index in [1.54, 1.807) is 0 Å². The predicted octanol–water partition coefficient (Wildman–Crippen LogP) is -0.0275. The molecule has 1 unspecified atom stereocenters. The molecule has 0 saturated carbocycles. The number of rotatable bonds is 2. The van der Waals surface area contributed by atoms with Crippen molar-refractivity contribution in [1.82, 2.24) is 0 Å². The lowest BCUT2D eigenvalue weighted by atomic mass is 10.0. The van der Waals surface area contributed by atoms with E-state index in [4.69, 9.17) is 10.5 Å². The lowest BCUT2D eigenvalue weighted by Gasteiger charge is -2.00. The van der Waals surface area contributed by atoms with Gasteiger partial charge in [-0.05, 0) is 6.42 Å². The number of nitrogens with two attached hydrogens (primary N) is 1. The van der Waals surface area contributed by atoms with Crippen LogP contribution in [0.1, 0.15) is 6.42 Å². The summed E-state index contributed by atoms with van der Waals surface area (Å²) in [6, 6.07) is 0. The number of hydrogen-bond donors (Lipinski definition) is 1. The Morgan fingerprint density at radius 3 is 2.80 bits per heavy atom. The second-order valence-corrected chi connectivity index (χ2v) is 2.23. The van der Waals surface area contributed by atoms with Crippen molar-refractivity contribution in [1.29, 1.82) is 0 Å². The molecule has 4 heteroatoms. The van der Waals surface area contributed by atoms with Crippen molar-refractivity contribution in [2.75, 3.05) is 19.8 Å². The number of ketones is 1. The maximum absolute atomic E-state index is 10.8. The summed E-state index contributed by atoms with van der Waals surface area (Å²) in [6.45, 7) is 1.46. The minimum atomic E-state index is 0. The van der Waals surface area contributed by atoms with E-state index in [9.17, 15) is 4.79 Å². The summed E-state index contributed by atoms with van der Waals surface area (Å²) < 4.78 is 5.00. The molecule has 1 aliphatic heterocycles. The molecule has 0 aromatic rings. The fraction of sp³-hybridized carbons (Fsp3) is 0.833. The molecule has 60 valence electrons. The van der Waals surface area contributed by atoms with Gasteiger partial charge in [0.25, 0.3) is 0 Å². The lowest BCUT2D eigenvalue weighted by Crippen LogP contribution is -2.23. The van der Waals surface area contributed by atoms with Crippen molar-refractivity contribution in [3.05, 3.63) is 0 Å². The number of Topliss-reactive ketones (excluding diaryl/α,β-unsaturated/α-hetero) is 1. The van der Waals surface area contributed by atoms with Gasteiger partial charge in [-0.1, -0.05) is 0 Å². The third kappa shape index (κ3) is 2.25. The third-order valence-corrected chi connectivity index (χ3v) is 1.59. The Morgan fingerprint density at radius 1 is 1.70 bits per heavy atom. The van der Waals surface area contributed by atoms with Crippen LogP contribution < -0.4 is 5.73 Å². The summed E-state index contributed by atoms with van der Waals surface area (Å²) in [5, 5.41) is 0. The first-order chi connectivity index (χ1) is 4.34. The van der Waals surface area contributed by atoms with Gasteiger partial charge in [0, 0.05) is 12.5 Å². The average Bonchev–Trinajstić information content (AvgIpc) is 2.37. The van der Waals surface area contributed by atoms with Crippen LogP contribution >= 0.6 is 12.4 Å². The van der Waals surface area contributed by atoms with Gasteiger partial charge in [-0.25, -0.2) is 0 Å². The van der Waals surface area contributed by atoms with Crippen molar-refractivity contribution < 1.29 is 9.53 Å². The smallest absolute Gasteiger partial charge is 0.151 e. The SMILES string of the molecule is Cl.NCC(=O)C1CCOC1. The Kier molecular flexibility index (Phi) is 4.60. The summed E-state index contributed by atoms with van der Waals surface area (Å²) in [6.07, 6.45) is 0.857. The van der Waals surface area contributed by atoms with Crippen molar-refractivity contribution in [3.63, 3.8) is 0 Å². The van der Waals surface area contributed by atoms with Crippen LogP contribution in [-0.4, -0.2) is 25.5 Å². The van der Waals surface area contributed by atoms with E-state index in [0.717, 1.165) is 13.0 Å². The van der Waals surface area contributed by atoms with Crippen LogP contribution in [0.3, 0.4) is 0 Å². The molecular formula is C6H12ClNO2. The second kappa shape index (κ2) is 4.66. The molecule has 0 radical (unpaired) electrons. The Hall–Kier alpha value is -0.120. The van der Waals surface area contributed by atoms with Gasteiger partial charge in [-0.3, -0.25) is 4.79 Å². The maximum Gasteiger partial charge on any atom is 0.151 e. The molecule has 1 saturated heterocycles. The first kappa shape index (κ1) is 9.88. The molecule has 0 aromatic carbocycles. The monoisotopic (exact) mass is 165 g/mol. The number of carbonyl (C=O) groups is 1. The highest BCUT2D eigenvalue weighted by atomic mass is 35.5. The molecule has 0 bridgehead atoms. The van der Waals surface area contributed by atoms with Crippen LogP contribution in [0.5, 0.6) is 0 Å². The highest BCUT2D eigenvalue weighted by molar-refractivity contribution is 5.85. The molecule has 0 aliphatic carbocycles. The molecule has 0 amide bonds. The average molecular weight is 166 g/mol. The largest absolute Gasteiger partial charge is 0.381 e. The van der Waals surface area contributed by atoms with Crippen LogP contribution in [0.25, 0.3) is 0 Å². The van der Waals surface area contributed by atoms with Crippen LogP contribution in [0.15, 0.2) is 0 Å². The van der Waals surface area contributed by atoms with Gasteiger partial charge in [0.1, 0.15) is 0 Å². The Labute approximate surface area is 66.3 Å². The molecule has 1 aliphatic rings. The second-order valence-electron chi connectivity index (χ2n) is 2.23. The fourth-order valence-electron chi connectivity index (χ4n) is 0.955. The van der Waals surface area contributed by atoms with Gasteiger partial charge in [0.15, 0.2) is 5.78 Å². The minimum Gasteiger partial charge on any atom is -0.381 e. The summed E-state index contributed by atoms with van der Waals surface area (Å²) in [5.74, 6) is 0.225. The normalized spacial score (nSPS) is 23.9. The Bertz CT molecular complexity index is 112. The van der Waals surface area contributed by atoms with Crippen LogP contribution in [0, 0.1) is 5.92 Å². The van der Waals surface area contributed by atoms with E-state index in [-0.39, 0.29) is 30.7 Å². The van der Waals surface area contributed by atoms with Crippen molar-refractivity contribution in [3.8, 4) is 0 Å². The minimum absolute atomic E-state index is 0. The third-order valence-electron chi connectivity index (χ3n) is 1.59. The zero-order valence-corrected chi connectivity index (χ0v) is 6.52. The molecule has 1 heterocycles. The summed E-state index contributed by atoms with van der Waals surface area (Å²) in [7, 11) is 0. The highest BCUT2D eigenvalue weighted by Gasteiger charge is 2.21. The van der Waals surface area contributed by atoms with Gasteiger partial charge in [0.05, 0.1) is 13.2 Å². The molecule has 0 aromatic heterocycles. The molecule has 2 N–H and O–H groups in total. The van der Waals surface area contributed by atoms with Gasteiger partial charge in [0.2, 0.25) is 0 Å². The first-order valence-corrected chi connectivity index (χ1v) is 3.15. The van der Waals surface area contributed by atoms with Crippen LogP contribution in [0.4, 0.5) is 0 Å². The summed E-state index contributed by atoms with van der Waals surface area (Å²) >= 11 is 0. The van der Waals surface area contributed by atoms with Crippen molar-refractivity contribution in [2.45, 2.75) is 6.42 Å². The summed E-state index contributed by atoms with van der Waals surface area (Å²) in [4.78, 5) is 10.8. The van der Waals surface area contributed by atoms with Crippen molar-refractivity contribution >= 4 is 18.2 Å². The van der Waals surface area contributed by atoms with E-state index >= 15 is 0 Å². The quantitative estimate of drug-likeness (QED) is 0.626. The zero-order chi connectivity index (χ0) is 6.69. The van der Waals surface area contributed by atoms with Gasteiger partial charge in [-0.15, -0.1) is 12.4 Å². The standard InChI is InChI=1S/C6H11NO2.ClH/c7-3-6(8)5-1-2-9-4-5;/h5H,1-4,7H2;1H. The topological polar surface area (TPSA) is 52.3 Å². The molecule has 3 nitrogen and oxygen atoms in total. The van der Waals surface area contributed by atoms with E-state index < -0.39 is 0 Å². The fourth-order valence-corrected chi connectivity index (χ4v) is 0.955. The maximum atomic E-state index is 10.8. The molecule has 0 spiro atoms. The Balaban J connectivity index is 0.000000810. The molecule has 1 rings (SSSR count). The van der Waals surface area contributed by atoms with Crippen LogP contribution in [0.2, 0.25) is 0 Å². The summed E-state index contributed by atoms with van der Waals surface area (Å²) in [5.41, 5.74) is 5.15. The predicted molar refractivity (Wildman–Crippen MR) is 40.2 cm³/mol. The van der Waals surface area contributed by atoms with E-state index in [1.165, 1.54) is 0 Å². The van der Waals surface area contributed by atoms with Gasteiger partial charge >= 0.3 is 0 Å². The first-order valence-electron chi connectivity index (χ1n) is 3.15. The number of halogens is 1. The van der Waals surface area contributed by atoms with E-state index in [1.807, 2.05) is 0 Å². The van der Waals surface area contributed by atoms with Crippen molar-refractivity contribution in [2.24, 2.45) is 11.7 Å². The zero-order valence-electron chi connectivity index (χ0n) is 5.71. The number of hydrogen-bond acceptors (Lipinski definition) is 3. The van der Waals surface area contributed by atoms with Crippen LogP contribution in [-0.2, 0) is 9.53 Å². The molecule has 1 fully saturated rings.